The summed E-state index contributed by atoms with van der Waals surface area (Å²) in [5.74, 6) is -0.0871. The van der Waals surface area contributed by atoms with Crippen LogP contribution in [0.25, 0.3) is 0 Å². The summed E-state index contributed by atoms with van der Waals surface area (Å²) in [4.78, 5) is 13.8. The minimum absolute atomic E-state index is 0.00208. The number of ether oxygens (including phenoxy) is 1. The van der Waals surface area contributed by atoms with E-state index in [9.17, 15) is 9.90 Å². The maximum Gasteiger partial charge on any atom is 0.310 e. The lowest BCUT2D eigenvalue weighted by atomic mass is 9.98. The lowest BCUT2D eigenvalue weighted by Gasteiger charge is -2.32. The molecule has 2 atom stereocenters. The van der Waals surface area contributed by atoms with E-state index in [0.717, 1.165) is 32.4 Å². The van der Waals surface area contributed by atoms with Crippen molar-refractivity contribution in [2.24, 2.45) is 5.92 Å². The topological polar surface area (TPSA) is 49.8 Å². The highest BCUT2D eigenvalue weighted by Gasteiger charge is 2.27. The largest absolute Gasteiger partial charge is 0.466 e. The van der Waals surface area contributed by atoms with Crippen LogP contribution in [-0.4, -0.2) is 48.3 Å². The smallest absolute Gasteiger partial charge is 0.310 e. The van der Waals surface area contributed by atoms with Crippen LogP contribution in [0.15, 0.2) is 0 Å². The zero-order valence-corrected chi connectivity index (χ0v) is 10.3. The Bertz CT molecular complexity index is 220. The molecule has 0 aromatic heterocycles. The predicted molar refractivity (Wildman–Crippen MR) is 62.1 cm³/mol. The van der Waals surface area contributed by atoms with Crippen molar-refractivity contribution in [2.75, 3.05) is 26.2 Å². The van der Waals surface area contributed by atoms with Gasteiger partial charge in [0.05, 0.1) is 18.6 Å². The lowest BCUT2D eigenvalue weighted by Crippen LogP contribution is -2.42. The van der Waals surface area contributed by atoms with Gasteiger partial charge in [-0.05, 0) is 32.7 Å². The normalized spacial score (nSPS) is 24.1. The van der Waals surface area contributed by atoms with E-state index in [2.05, 4.69) is 4.90 Å². The molecule has 0 aliphatic carbocycles. The first-order valence-corrected chi connectivity index (χ1v) is 6.24. The van der Waals surface area contributed by atoms with Crippen molar-refractivity contribution in [3.63, 3.8) is 0 Å². The van der Waals surface area contributed by atoms with E-state index >= 15 is 0 Å². The summed E-state index contributed by atoms with van der Waals surface area (Å²) >= 11 is 0. The molecule has 1 N–H and O–H groups in total. The van der Waals surface area contributed by atoms with Gasteiger partial charge in [0.2, 0.25) is 0 Å². The fourth-order valence-corrected chi connectivity index (χ4v) is 2.10. The van der Waals surface area contributed by atoms with Crippen molar-refractivity contribution in [3.05, 3.63) is 0 Å². The summed E-state index contributed by atoms with van der Waals surface area (Å²) in [5.41, 5.74) is 0. The van der Waals surface area contributed by atoms with Crippen LogP contribution in [0.1, 0.15) is 33.1 Å². The van der Waals surface area contributed by atoms with Gasteiger partial charge in [0, 0.05) is 13.1 Å². The molecule has 94 valence electrons. The highest BCUT2D eigenvalue weighted by Crippen LogP contribution is 2.18. The number of carbonyl (C=O) groups excluding carboxylic acids is 1. The van der Waals surface area contributed by atoms with Crippen molar-refractivity contribution in [1.82, 2.24) is 4.90 Å². The monoisotopic (exact) mass is 229 g/mol. The van der Waals surface area contributed by atoms with Gasteiger partial charge in [0.1, 0.15) is 0 Å². The van der Waals surface area contributed by atoms with E-state index in [-0.39, 0.29) is 18.0 Å². The third-order valence-corrected chi connectivity index (χ3v) is 3.07. The molecule has 1 aliphatic heterocycles. The number of aliphatic hydroxyl groups is 1. The van der Waals surface area contributed by atoms with Gasteiger partial charge in [-0.1, -0.05) is 6.92 Å². The third kappa shape index (κ3) is 4.10. The maximum absolute atomic E-state index is 11.6. The number of esters is 1. The van der Waals surface area contributed by atoms with E-state index in [1.807, 2.05) is 13.8 Å². The Balaban J connectivity index is 2.37. The predicted octanol–water partition coefficient (Wildman–Crippen LogP) is 1.03. The van der Waals surface area contributed by atoms with Gasteiger partial charge in [-0.2, -0.15) is 0 Å². The number of piperidine rings is 1. The van der Waals surface area contributed by atoms with Gasteiger partial charge < -0.3 is 9.84 Å². The van der Waals surface area contributed by atoms with Crippen molar-refractivity contribution in [3.8, 4) is 0 Å². The van der Waals surface area contributed by atoms with Gasteiger partial charge in [-0.15, -0.1) is 0 Å². The molecular weight excluding hydrogens is 206 g/mol. The number of rotatable bonds is 5. The molecule has 0 amide bonds. The molecule has 4 heteroatoms. The molecule has 1 heterocycles. The highest BCUT2D eigenvalue weighted by atomic mass is 16.5. The summed E-state index contributed by atoms with van der Waals surface area (Å²) in [7, 11) is 0. The van der Waals surface area contributed by atoms with E-state index in [0.29, 0.717) is 13.2 Å². The van der Waals surface area contributed by atoms with Crippen LogP contribution < -0.4 is 0 Å². The van der Waals surface area contributed by atoms with E-state index in [1.165, 1.54) is 0 Å². The molecule has 1 rings (SSSR count). The Kier molecular flexibility index (Phi) is 5.77. The van der Waals surface area contributed by atoms with Gasteiger partial charge in [0.25, 0.3) is 0 Å². The Morgan fingerprint density at radius 1 is 1.56 bits per heavy atom. The summed E-state index contributed by atoms with van der Waals surface area (Å²) in [6.07, 6.45) is 2.42. The molecule has 2 unspecified atom stereocenters. The second-order valence-electron chi connectivity index (χ2n) is 4.41. The van der Waals surface area contributed by atoms with Gasteiger partial charge >= 0.3 is 5.97 Å². The van der Waals surface area contributed by atoms with Crippen LogP contribution in [-0.2, 0) is 9.53 Å². The first-order valence-electron chi connectivity index (χ1n) is 6.24. The molecule has 1 saturated heterocycles. The standard InChI is InChI=1S/C12H23NO3/c1-3-11(14)9-13-7-5-6-10(8-13)12(15)16-4-2/h10-11,14H,3-9H2,1-2H3. The number of hydrogen-bond acceptors (Lipinski definition) is 4. The van der Waals surface area contributed by atoms with Gasteiger partial charge in [-0.25, -0.2) is 0 Å². The fourth-order valence-electron chi connectivity index (χ4n) is 2.10. The highest BCUT2D eigenvalue weighted by molar-refractivity contribution is 5.72. The lowest BCUT2D eigenvalue weighted by molar-refractivity contribution is -0.150. The summed E-state index contributed by atoms with van der Waals surface area (Å²) in [6, 6.07) is 0. The maximum atomic E-state index is 11.6. The fraction of sp³-hybridized carbons (Fsp3) is 0.917. The second-order valence-corrected chi connectivity index (χ2v) is 4.41. The van der Waals surface area contributed by atoms with Crippen molar-refractivity contribution in [1.29, 1.82) is 0 Å². The van der Waals surface area contributed by atoms with Crippen LogP contribution in [0.5, 0.6) is 0 Å². The minimum atomic E-state index is -0.277. The molecule has 0 saturated carbocycles. The van der Waals surface area contributed by atoms with Crippen molar-refractivity contribution < 1.29 is 14.6 Å². The Labute approximate surface area is 97.6 Å². The van der Waals surface area contributed by atoms with Crippen LogP contribution in [0.3, 0.4) is 0 Å². The number of carbonyl (C=O) groups is 1. The molecule has 16 heavy (non-hydrogen) atoms. The molecule has 0 bridgehead atoms. The summed E-state index contributed by atoms with van der Waals surface area (Å²) < 4.78 is 5.03. The number of aliphatic hydroxyl groups excluding tert-OH is 1. The number of hydrogen-bond donors (Lipinski definition) is 1. The molecule has 1 fully saturated rings. The molecular formula is C12H23NO3. The number of nitrogens with zero attached hydrogens (tertiary/aromatic N) is 1. The summed E-state index contributed by atoms with van der Waals surface area (Å²) in [5, 5.41) is 9.58. The molecule has 0 spiro atoms. The minimum Gasteiger partial charge on any atom is -0.466 e. The van der Waals surface area contributed by atoms with E-state index in [4.69, 9.17) is 4.74 Å². The van der Waals surface area contributed by atoms with Crippen molar-refractivity contribution >= 4 is 5.97 Å². The Morgan fingerprint density at radius 2 is 2.31 bits per heavy atom. The third-order valence-electron chi connectivity index (χ3n) is 3.07. The Morgan fingerprint density at radius 3 is 2.94 bits per heavy atom. The molecule has 4 nitrogen and oxygen atoms in total. The van der Waals surface area contributed by atoms with Crippen molar-refractivity contribution in [2.45, 2.75) is 39.2 Å². The second kappa shape index (κ2) is 6.86. The zero-order chi connectivity index (χ0) is 12.0. The SMILES string of the molecule is CCOC(=O)C1CCCN(CC(O)CC)C1. The quantitative estimate of drug-likeness (QED) is 0.715. The van der Waals surface area contributed by atoms with E-state index in [1.54, 1.807) is 0 Å². The van der Waals surface area contributed by atoms with Gasteiger partial charge in [0.15, 0.2) is 0 Å². The first-order chi connectivity index (χ1) is 7.67. The van der Waals surface area contributed by atoms with Crippen LogP contribution in [0.2, 0.25) is 0 Å². The zero-order valence-electron chi connectivity index (χ0n) is 10.3. The van der Waals surface area contributed by atoms with Gasteiger partial charge in [-0.3, -0.25) is 9.69 Å². The molecule has 0 aromatic carbocycles. The average Bonchev–Trinajstić information content (AvgIpc) is 2.29. The number of β-amino-alcohol motifs (C(OH)–C–C–N with tert-alkyl or cyclic N) is 1. The first kappa shape index (κ1) is 13.5. The van der Waals surface area contributed by atoms with Crippen LogP contribution in [0, 0.1) is 5.92 Å². The Hall–Kier alpha value is -0.610. The molecule has 1 aliphatic rings. The molecule has 0 aromatic rings. The van der Waals surface area contributed by atoms with Crippen LogP contribution in [0.4, 0.5) is 0 Å². The summed E-state index contributed by atoms with van der Waals surface area (Å²) in [6.45, 7) is 6.64. The van der Waals surface area contributed by atoms with E-state index < -0.39 is 0 Å². The average molecular weight is 229 g/mol. The molecule has 0 radical (unpaired) electrons. The van der Waals surface area contributed by atoms with Crippen LogP contribution >= 0.6 is 0 Å². The number of likely N-dealkylation sites (tertiary alicyclic amines) is 1.